The fourth-order valence-electron chi connectivity index (χ4n) is 2.10. The highest BCUT2D eigenvalue weighted by atomic mass is 79.9. The molecule has 1 heterocycles. The number of ketones is 1. The molecule has 2 nitrogen and oxygen atoms in total. The van der Waals surface area contributed by atoms with Crippen LogP contribution in [-0.4, -0.2) is 5.78 Å². The van der Waals surface area contributed by atoms with Crippen molar-refractivity contribution in [1.82, 2.24) is 0 Å². The normalized spacial score (nSPS) is 10.9. The van der Waals surface area contributed by atoms with E-state index in [9.17, 15) is 4.79 Å². The molecule has 0 aliphatic rings. The number of carbonyl (C=O) groups is 1. The number of benzene rings is 2. The van der Waals surface area contributed by atoms with Crippen molar-refractivity contribution >= 4 is 44.3 Å². The molecule has 0 saturated carbocycles. The van der Waals surface area contributed by atoms with E-state index in [4.69, 9.17) is 16.0 Å². The molecule has 0 atom stereocenters. The molecule has 0 amide bonds. The molecule has 3 rings (SSSR count). The molecule has 0 saturated heterocycles. The Balaban J connectivity index is 2.10. The molecule has 4 heteroatoms. The van der Waals surface area contributed by atoms with Crippen LogP contribution in [0.3, 0.4) is 0 Å². The highest BCUT2D eigenvalue weighted by Crippen LogP contribution is 2.26. The van der Waals surface area contributed by atoms with Crippen molar-refractivity contribution in [2.45, 2.75) is 6.92 Å². The SMILES string of the molecule is Cc1ccc(Br)cc1C(=O)c1cc2cc(Cl)ccc2o1. The number of rotatable bonds is 2. The van der Waals surface area contributed by atoms with Gasteiger partial charge in [-0.2, -0.15) is 0 Å². The van der Waals surface area contributed by atoms with E-state index < -0.39 is 0 Å². The van der Waals surface area contributed by atoms with Crippen molar-refractivity contribution in [3.63, 3.8) is 0 Å². The quantitative estimate of drug-likeness (QED) is 0.581. The van der Waals surface area contributed by atoms with Crippen molar-refractivity contribution < 1.29 is 9.21 Å². The Morgan fingerprint density at radius 1 is 1.15 bits per heavy atom. The Labute approximate surface area is 129 Å². The van der Waals surface area contributed by atoms with Crippen molar-refractivity contribution in [2.24, 2.45) is 0 Å². The molecule has 0 aliphatic carbocycles. The van der Waals surface area contributed by atoms with Gasteiger partial charge >= 0.3 is 0 Å². The summed E-state index contributed by atoms with van der Waals surface area (Å²) in [6, 6.07) is 12.6. The number of halogens is 2. The molecule has 2 aromatic carbocycles. The van der Waals surface area contributed by atoms with Crippen LogP contribution in [0.15, 0.2) is 51.4 Å². The smallest absolute Gasteiger partial charge is 0.228 e. The third kappa shape index (κ3) is 2.39. The minimum absolute atomic E-state index is 0.129. The van der Waals surface area contributed by atoms with E-state index >= 15 is 0 Å². The van der Waals surface area contributed by atoms with Crippen LogP contribution in [0.25, 0.3) is 11.0 Å². The molecule has 0 bridgehead atoms. The van der Waals surface area contributed by atoms with Crippen LogP contribution in [0.4, 0.5) is 0 Å². The van der Waals surface area contributed by atoms with E-state index in [1.807, 2.05) is 19.1 Å². The van der Waals surface area contributed by atoms with Gasteiger partial charge in [0.05, 0.1) is 0 Å². The largest absolute Gasteiger partial charge is 0.453 e. The molecular weight excluding hydrogens is 340 g/mol. The number of furan rings is 1. The van der Waals surface area contributed by atoms with Crippen molar-refractivity contribution in [1.29, 1.82) is 0 Å². The summed E-state index contributed by atoms with van der Waals surface area (Å²) in [5.41, 5.74) is 2.20. The first-order valence-electron chi connectivity index (χ1n) is 6.04. The second kappa shape index (κ2) is 5.08. The first-order valence-corrected chi connectivity index (χ1v) is 7.21. The first kappa shape index (κ1) is 13.4. The highest BCUT2D eigenvalue weighted by molar-refractivity contribution is 9.10. The molecule has 0 N–H and O–H groups in total. The monoisotopic (exact) mass is 348 g/mol. The average molecular weight is 350 g/mol. The van der Waals surface area contributed by atoms with Crippen LogP contribution in [-0.2, 0) is 0 Å². The summed E-state index contributed by atoms with van der Waals surface area (Å²) in [5.74, 6) is 0.194. The second-order valence-corrected chi connectivity index (χ2v) is 5.93. The van der Waals surface area contributed by atoms with Crippen LogP contribution >= 0.6 is 27.5 Å². The predicted octanol–water partition coefficient (Wildman–Crippen LogP) is 5.39. The lowest BCUT2D eigenvalue weighted by molar-refractivity contribution is 0.101. The fourth-order valence-corrected chi connectivity index (χ4v) is 2.64. The van der Waals surface area contributed by atoms with Gasteiger partial charge in [0.15, 0.2) is 5.76 Å². The third-order valence-electron chi connectivity index (χ3n) is 3.15. The van der Waals surface area contributed by atoms with Gasteiger partial charge in [-0.05, 0) is 48.9 Å². The minimum atomic E-state index is -0.129. The molecule has 0 unspecified atom stereocenters. The molecule has 1 aromatic heterocycles. The maximum Gasteiger partial charge on any atom is 0.228 e. The summed E-state index contributed by atoms with van der Waals surface area (Å²) in [5, 5.41) is 1.45. The van der Waals surface area contributed by atoms with Gasteiger partial charge in [-0.3, -0.25) is 4.79 Å². The zero-order valence-electron chi connectivity index (χ0n) is 10.6. The third-order valence-corrected chi connectivity index (χ3v) is 3.87. The van der Waals surface area contributed by atoms with Crippen LogP contribution < -0.4 is 0 Å². The number of fused-ring (bicyclic) bond motifs is 1. The predicted molar refractivity (Wildman–Crippen MR) is 83.5 cm³/mol. The van der Waals surface area contributed by atoms with Gasteiger partial charge in [-0.1, -0.05) is 33.6 Å². The summed E-state index contributed by atoms with van der Waals surface area (Å²) < 4.78 is 6.48. The number of hydrogen-bond acceptors (Lipinski definition) is 2. The van der Waals surface area contributed by atoms with E-state index in [0.29, 0.717) is 21.9 Å². The average Bonchev–Trinajstić information content (AvgIpc) is 2.83. The molecule has 0 radical (unpaired) electrons. The summed E-state index contributed by atoms with van der Waals surface area (Å²) in [4.78, 5) is 12.5. The summed E-state index contributed by atoms with van der Waals surface area (Å²) in [6.45, 7) is 1.90. The number of aryl methyl sites for hydroxylation is 1. The first-order chi connectivity index (χ1) is 9.54. The molecule has 100 valence electrons. The van der Waals surface area contributed by atoms with Gasteiger partial charge in [0, 0.05) is 20.4 Å². The van der Waals surface area contributed by atoms with Gasteiger partial charge < -0.3 is 4.42 Å². The van der Waals surface area contributed by atoms with Crippen LogP contribution in [0, 0.1) is 6.92 Å². The van der Waals surface area contributed by atoms with Gasteiger partial charge in [0.1, 0.15) is 5.58 Å². The maximum atomic E-state index is 12.5. The van der Waals surface area contributed by atoms with E-state index in [1.165, 1.54) is 0 Å². The van der Waals surface area contributed by atoms with E-state index in [1.54, 1.807) is 30.3 Å². The molecule has 0 aliphatic heterocycles. The Hall–Kier alpha value is -1.58. The molecule has 20 heavy (non-hydrogen) atoms. The molecule has 0 fully saturated rings. The fraction of sp³-hybridized carbons (Fsp3) is 0.0625. The zero-order chi connectivity index (χ0) is 14.3. The van der Waals surface area contributed by atoms with E-state index in [-0.39, 0.29) is 5.78 Å². The summed E-state index contributed by atoms with van der Waals surface area (Å²) >= 11 is 9.32. The van der Waals surface area contributed by atoms with E-state index in [2.05, 4.69) is 15.9 Å². The number of hydrogen-bond donors (Lipinski definition) is 0. The Kier molecular flexibility index (Phi) is 3.40. The van der Waals surface area contributed by atoms with Gasteiger partial charge in [-0.25, -0.2) is 0 Å². The molecular formula is C16H10BrClO2. The van der Waals surface area contributed by atoms with E-state index in [0.717, 1.165) is 15.4 Å². The van der Waals surface area contributed by atoms with Gasteiger partial charge in [0.2, 0.25) is 5.78 Å². The lowest BCUT2D eigenvalue weighted by Crippen LogP contribution is -2.02. The summed E-state index contributed by atoms with van der Waals surface area (Å²) in [7, 11) is 0. The highest BCUT2D eigenvalue weighted by Gasteiger charge is 2.17. The lowest BCUT2D eigenvalue weighted by Gasteiger charge is -2.03. The topological polar surface area (TPSA) is 30.2 Å². The Morgan fingerprint density at radius 2 is 1.95 bits per heavy atom. The van der Waals surface area contributed by atoms with Crippen molar-refractivity contribution in [3.8, 4) is 0 Å². The van der Waals surface area contributed by atoms with Crippen LogP contribution in [0.2, 0.25) is 5.02 Å². The summed E-state index contributed by atoms with van der Waals surface area (Å²) in [6.07, 6.45) is 0. The van der Waals surface area contributed by atoms with Crippen LogP contribution in [0.5, 0.6) is 0 Å². The molecule has 0 spiro atoms. The zero-order valence-corrected chi connectivity index (χ0v) is 13.0. The molecule has 3 aromatic rings. The van der Waals surface area contributed by atoms with Crippen molar-refractivity contribution in [3.05, 3.63) is 68.8 Å². The minimum Gasteiger partial charge on any atom is -0.453 e. The maximum absolute atomic E-state index is 12.5. The number of carbonyl (C=O) groups excluding carboxylic acids is 1. The van der Waals surface area contributed by atoms with Gasteiger partial charge in [0.25, 0.3) is 0 Å². The standard InChI is InChI=1S/C16H10BrClO2/c1-9-2-3-11(17)8-13(9)16(19)15-7-10-6-12(18)4-5-14(10)20-15/h2-8H,1H3. The Morgan fingerprint density at radius 3 is 2.75 bits per heavy atom. The Bertz CT molecular complexity index is 820. The van der Waals surface area contributed by atoms with Gasteiger partial charge in [-0.15, -0.1) is 0 Å². The second-order valence-electron chi connectivity index (χ2n) is 4.58. The van der Waals surface area contributed by atoms with Crippen LogP contribution in [0.1, 0.15) is 21.7 Å². The lowest BCUT2D eigenvalue weighted by atomic mass is 10.0. The van der Waals surface area contributed by atoms with Crippen molar-refractivity contribution in [2.75, 3.05) is 0 Å².